The van der Waals surface area contributed by atoms with Crippen LogP contribution >= 0.6 is 0 Å². The highest BCUT2D eigenvalue weighted by atomic mass is 19.1. The predicted molar refractivity (Wildman–Crippen MR) is 94.6 cm³/mol. The van der Waals surface area contributed by atoms with E-state index in [4.69, 9.17) is 0 Å². The SMILES string of the molecule is CNc1ccc(C(=O)N(C)CC(=O)Nc2ccc(F)cc2)cc1[N+](=O)[O-]. The van der Waals surface area contributed by atoms with Gasteiger partial charge in [-0.2, -0.15) is 0 Å². The topological polar surface area (TPSA) is 105 Å². The van der Waals surface area contributed by atoms with Crippen molar-refractivity contribution in [3.05, 3.63) is 64.0 Å². The highest BCUT2D eigenvalue weighted by Crippen LogP contribution is 2.25. The Hall–Kier alpha value is -3.49. The molecule has 0 aromatic heterocycles. The number of anilines is 2. The lowest BCUT2D eigenvalue weighted by Gasteiger charge is -2.17. The van der Waals surface area contributed by atoms with Gasteiger partial charge >= 0.3 is 0 Å². The maximum Gasteiger partial charge on any atom is 0.293 e. The molecule has 0 aliphatic heterocycles. The molecule has 0 fully saturated rings. The van der Waals surface area contributed by atoms with Crippen LogP contribution in [-0.2, 0) is 4.79 Å². The van der Waals surface area contributed by atoms with Gasteiger partial charge in [-0.25, -0.2) is 4.39 Å². The van der Waals surface area contributed by atoms with Crippen molar-refractivity contribution in [1.82, 2.24) is 4.90 Å². The lowest BCUT2D eigenvalue weighted by atomic mass is 10.1. The van der Waals surface area contributed by atoms with Gasteiger partial charge in [0.25, 0.3) is 11.6 Å². The van der Waals surface area contributed by atoms with Crippen molar-refractivity contribution in [2.45, 2.75) is 0 Å². The molecule has 8 nitrogen and oxygen atoms in total. The summed E-state index contributed by atoms with van der Waals surface area (Å²) in [5.74, 6) is -1.44. The number of halogens is 1. The van der Waals surface area contributed by atoms with E-state index < -0.39 is 22.6 Å². The molecule has 2 N–H and O–H groups in total. The molecule has 2 amide bonds. The standard InChI is InChI=1S/C17H17FN4O4/c1-19-14-8-3-11(9-15(14)22(25)26)17(24)21(2)10-16(23)20-13-6-4-12(18)5-7-13/h3-9,19H,10H2,1-2H3,(H,20,23). The van der Waals surface area contributed by atoms with Crippen molar-refractivity contribution in [1.29, 1.82) is 0 Å². The third kappa shape index (κ3) is 4.53. The van der Waals surface area contributed by atoms with E-state index in [0.717, 1.165) is 11.0 Å². The van der Waals surface area contributed by atoms with E-state index in [1.54, 1.807) is 0 Å². The van der Waals surface area contributed by atoms with Crippen molar-refractivity contribution in [2.24, 2.45) is 0 Å². The van der Waals surface area contributed by atoms with Gasteiger partial charge in [0.05, 0.1) is 11.5 Å². The molecule has 0 spiro atoms. The number of nitrogens with one attached hydrogen (secondary N) is 2. The molecule has 0 unspecified atom stereocenters. The normalized spacial score (nSPS) is 10.1. The number of likely N-dealkylation sites (N-methyl/N-ethyl adjacent to an activating group) is 1. The molecule has 0 bridgehead atoms. The highest BCUT2D eigenvalue weighted by molar-refractivity contribution is 6.00. The van der Waals surface area contributed by atoms with Crippen LogP contribution in [0.1, 0.15) is 10.4 Å². The van der Waals surface area contributed by atoms with Gasteiger partial charge in [-0.15, -0.1) is 0 Å². The first-order valence-corrected chi connectivity index (χ1v) is 7.59. The molecule has 2 rings (SSSR count). The van der Waals surface area contributed by atoms with Crippen molar-refractivity contribution in [2.75, 3.05) is 31.3 Å². The summed E-state index contributed by atoms with van der Waals surface area (Å²) in [6.07, 6.45) is 0. The van der Waals surface area contributed by atoms with Crippen LogP contribution < -0.4 is 10.6 Å². The summed E-state index contributed by atoms with van der Waals surface area (Å²) in [6, 6.07) is 9.22. The van der Waals surface area contributed by atoms with Gasteiger partial charge in [0.15, 0.2) is 0 Å². The Balaban J connectivity index is 2.07. The fourth-order valence-electron chi connectivity index (χ4n) is 2.27. The van der Waals surface area contributed by atoms with Crippen LogP contribution in [-0.4, -0.2) is 42.3 Å². The quantitative estimate of drug-likeness (QED) is 0.608. The average molecular weight is 360 g/mol. The van der Waals surface area contributed by atoms with Crippen LogP contribution in [0.3, 0.4) is 0 Å². The third-order valence-corrected chi connectivity index (χ3v) is 3.57. The maximum absolute atomic E-state index is 12.9. The second-order valence-corrected chi connectivity index (χ2v) is 5.46. The van der Waals surface area contributed by atoms with Gasteiger partial charge in [-0.05, 0) is 36.4 Å². The minimum Gasteiger partial charge on any atom is -0.383 e. The number of hydrogen-bond acceptors (Lipinski definition) is 5. The van der Waals surface area contributed by atoms with Crippen LogP contribution in [0.2, 0.25) is 0 Å². The Morgan fingerprint density at radius 1 is 1.19 bits per heavy atom. The monoisotopic (exact) mass is 360 g/mol. The van der Waals surface area contributed by atoms with E-state index in [2.05, 4.69) is 10.6 Å². The van der Waals surface area contributed by atoms with Gasteiger partial charge in [0.1, 0.15) is 11.5 Å². The highest BCUT2D eigenvalue weighted by Gasteiger charge is 2.20. The Bertz CT molecular complexity index is 839. The van der Waals surface area contributed by atoms with Crippen LogP contribution in [0.15, 0.2) is 42.5 Å². The summed E-state index contributed by atoms with van der Waals surface area (Å²) in [5.41, 5.74) is 0.532. The molecule has 136 valence electrons. The number of carbonyl (C=O) groups is 2. The van der Waals surface area contributed by atoms with Crippen LogP contribution in [0.5, 0.6) is 0 Å². The van der Waals surface area contributed by atoms with Crippen LogP contribution in [0.25, 0.3) is 0 Å². The lowest BCUT2D eigenvalue weighted by molar-refractivity contribution is -0.384. The van der Waals surface area contributed by atoms with Crippen molar-refractivity contribution in [3.8, 4) is 0 Å². The number of nitrogens with zero attached hydrogens (tertiary/aromatic N) is 2. The number of hydrogen-bond donors (Lipinski definition) is 2. The fourth-order valence-corrected chi connectivity index (χ4v) is 2.27. The van der Waals surface area contributed by atoms with E-state index in [0.29, 0.717) is 5.69 Å². The van der Waals surface area contributed by atoms with Crippen molar-refractivity contribution < 1.29 is 18.9 Å². The molecular formula is C17H17FN4O4. The Kier molecular flexibility index (Phi) is 5.84. The molecule has 2 aromatic carbocycles. The average Bonchev–Trinajstić information content (AvgIpc) is 2.62. The predicted octanol–water partition coefficient (Wildman–Crippen LogP) is 2.49. The first kappa shape index (κ1) is 18.8. The van der Waals surface area contributed by atoms with Crippen molar-refractivity contribution >= 4 is 28.9 Å². The first-order valence-electron chi connectivity index (χ1n) is 7.59. The molecule has 0 saturated carbocycles. The molecule has 0 heterocycles. The number of benzene rings is 2. The zero-order valence-corrected chi connectivity index (χ0v) is 14.2. The zero-order valence-electron chi connectivity index (χ0n) is 14.2. The number of amides is 2. The Morgan fingerprint density at radius 3 is 2.42 bits per heavy atom. The molecule has 0 aliphatic rings. The second kappa shape index (κ2) is 8.06. The molecule has 2 aromatic rings. The fraction of sp³-hybridized carbons (Fsp3) is 0.176. The third-order valence-electron chi connectivity index (χ3n) is 3.57. The number of nitro benzene ring substituents is 1. The summed E-state index contributed by atoms with van der Waals surface area (Å²) in [6.45, 7) is -0.266. The largest absolute Gasteiger partial charge is 0.383 e. The second-order valence-electron chi connectivity index (χ2n) is 5.46. The minimum absolute atomic E-state index is 0.0905. The Labute approximate surface area is 148 Å². The van der Waals surface area contributed by atoms with E-state index in [1.165, 1.54) is 50.5 Å². The smallest absolute Gasteiger partial charge is 0.293 e. The van der Waals surface area contributed by atoms with Gasteiger partial charge in [0.2, 0.25) is 5.91 Å². The molecule has 26 heavy (non-hydrogen) atoms. The molecule has 0 saturated heterocycles. The van der Waals surface area contributed by atoms with E-state index >= 15 is 0 Å². The van der Waals surface area contributed by atoms with Crippen molar-refractivity contribution in [3.63, 3.8) is 0 Å². The molecule has 0 radical (unpaired) electrons. The van der Waals surface area contributed by atoms with Gasteiger partial charge in [-0.3, -0.25) is 19.7 Å². The number of nitro groups is 1. The lowest BCUT2D eigenvalue weighted by Crippen LogP contribution is -2.35. The zero-order chi connectivity index (χ0) is 19.3. The number of carbonyl (C=O) groups excluding carboxylic acids is 2. The first-order chi connectivity index (χ1) is 12.3. The summed E-state index contributed by atoms with van der Waals surface area (Å²) >= 11 is 0. The molecular weight excluding hydrogens is 343 g/mol. The number of rotatable bonds is 6. The minimum atomic E-state index is -0.593. The molecule has 0 aliphatic carbocycles. The van der Waals surface area contributed by atoms with Gasteiger partial charge < -0.3 is 15.5 Å². The summed E-state index contributed by atoms with van der Waals surface area (Å²) in [5, 5.41) is 16.3. The summed E-state index contributed by atoms with van der Waals surface area (Å²) in [7, 11) is 2.94. The van der Waals surface area contributed by atoms with Crippen LogP contribution in [0, 0.1) is 15.9 Å². The van der Waals surface area contributed by atoms with Crippen LogP contribution in [0.4, 0.5) is 21.5 Å². The van der Waals surface area contributed by atoms with Gasteiger partial charge in [0, 0.05) is 31.4 Å². The molecule has 9 heteroatoms. The molecule has 0 atom stereocenters. The van der Waals surface area contributed by atoms with E-state index in [1.807, 2.05) is 0 Å². The van der Waals surface area contributed by atoms with E-state index in [-0.39, 0.29) is 23.5 Å². The Morgan fingerprint density at radius 2 is 1.85 bits per heavy atom. The summed E-state index contributed by atoms with van der Waals surface area (Å²) < 4.78 is 12.9. The maximum atomic E-state index is 12.9. The summed E-state index contributed by atoms with van der Waals surface area (Å²) in [4.78, 5) is 36.0. The van der Waals surface area contributed by atoms with Gasteiger partial charge in [-0.1, -0.05) is 0 Å². The van der Waals surface area contributed by atoms with E-state index in [9.17, 15) is 24.1 Å².